The topological polar surface area (TPSA) is 84.5 Å². The summed E-state index contributed by atoms with van der Waals surface area (Å²) in [7, 11) is 0. The molecule has 0 saturated carbocycles. The van der Waals surface area contributed by atoms with Crippen molar-refractivity contribution in [1.29, 1.82) is 5.26 Å². The van der Waals surface area contributed by atoms with Gasteiger partial charge in [0.15, 0.2) is 5.16 Å². The van der Waals surface area contributed by atoms with Crippen LogP contribution in [0.2, 0.25) is 0 Å². The average molecular weight is 359 g/mol. The van der Waals surface area contributed by atoms with E-state index < -0.39 is 12.2 Å². The van der Waals surface area contributed by atoms with E-state index in [0.717, 1.165) is 0 Å². The zero-order valence-corrected chi connectivity index (χ0v) is 15.1. The number of alkyl halides is 1. The van der Waals surface area contributed by atoms with Gasteiger partial charge in [0.2, 0.25) is 0 Å². The van der Waals surface area contributed by atoms with Gasteiger partial charge in [0.05, 0.1) is 12.4 Å². The lowest BCUT2D eigenvalue weighted by Gasteiger charge is -2.23. The molecule has 0 spiro atoms. The summed E-state index contributed by atoms with van der Waals surface area (Å²) < 4.78 is 14.3. The first kappa shape index (κ1) is 17.5. The van der Waals surface area contributed by atoms with E-state index >= 15 is 0 Å². The summed E-state index contributed by atoms with van der Waals surface area (Å²) >= 11 is 1.33. The highest BCUT2D eigenvalue weighted by Gasteiger charge is 2.26. The molecule has 3 rings (SSSR count). The summed E-state index contributed by atoms with van der Waals surface area (Å²) in [6, 6.07) is 1.94. The van der Waals surface area contributed by atoms with Gasteiger partial charge in [-0.15, -0.1) is 0 Å². The lowest BCUT2D eigenvalue weighted by molar-refractivity contribution is 0.330. The highest BCUT2D eigenvalue weighted by atomic mass is 32.2. The first-order chi connectivity index (χ1) is 11.8. The van der Waals surface area contributed by atoms with Crippen molar-refractivity contribution in [2.45, 2.75) is 37.9 Å². The predicted molar refractivity (Wildman–Crippen MR) is 93.1 cm³/mol. The molecule has 1 atom stereocenters. The lowest BCUT2D eigenvalue weighted by atomic mass is 9.95. The molecular weight excluding hydrogens is 341 g/mol. The Bertz CT molecular complexity index is 895. The van der Waals surface area contributed by atoms with Gasteiger partial charge >= 0.3 is 0 Å². The smallest absolute Gasteiger partial charge is 0.272 e. The fraction of sp³-hybridized carbons (Fsp3) is 0.471. The molecule has 25 heavy (non-hydrogen) atoms. The highest BCUT2D eigenvalue weighted by Crippen LogP contribution is 2.29. The lowest BCUT2D eigenvalue weighted by Crippen LogP contribution is -2.33. The fourth-order valence-electron chi connectivity index (χ4n) is 2.55. The maximum Gasteiger partial charge on any atom is 0.272 e. The van der Waals surface area contributed by atoms with Gasteiger partial charge < -0.3 is 0 Å². The van der Waals surface area contributed by atoms with Crippen LogP contribution >= 0.6 is 11.8 Å². The summed E-state index contributed by atoms with van der Waals surface area (Å²) in [6.07, 6.45) is 3.18. The number of halogens is 1. The second-order valence-corrected chi connectivity index (χ2v) is 8.01. The maximum atomic E-state index is 12.9. The number of aromatic nitrogens is 4. The number of nitrogens with zero attached hydrogens (tertiary/aromatic N) is 5. The second-order valence-electron chi connectivity index (χ2n) is 7.02. The van der Waals surface area contributed by atoms with Crippen molar-refractivity contribution in [3.63, 3.8) is 0 Å². The third-order valence-corrected chi connectivity index (χ3v) is 5.16. The molecule has 0 bridgehead atoms. The van der Waals surface area contributed by atoms with Gasteiger partial charge in [0.1, 0.15) is 17.5 Å². The molecule has 1 unspecified atom stereocenters. The molecule has 8 heteroatoms. The quantitative estimate of drug-likeness (QED) is 0.766. The van der Waals surface area contributed by atoms with Crippen LogP contribution in [-0.2, 0) is 12.0 Å². The summed E-state index contributed by atoms with van der Waals surface area (Å²) in [5, 5.41) is 9.95. The molecule has 0 radical (unpaired) electrons. The van der Waals surface area contributed by atoms with Crippen LogP contribution in [0.4, 0.5) is 4.39 Å². The van der Waals surface area contributed by atoms with E-state index in [1.54, 1.807) is 12.4 Å². The number of nitriles is 1. The van der Waals surface area contributed by atoms with Gasteiger partial charge in [-0.2, -0.15) is 5.26 Å². The van der Waals surface area contributed by atoms with Gasteiger partial charge in [-0.1, -0.05) is 32.5 Å². The van der Waals surface area contributed by atoms with Gasteiger partial charge in [-0.05, 0) is 0 Å². The standard InChI is InChI=1S/C17H18FN5OS/c1-17(2,3)15-20-6-11(7-21-15)13-12(5-19)14(24)23-8-10(4-18)9-25-16(23)22-13/h6-7,10H,4,8-9H2,1-3H3. The van der Waals surface area contributed by atoms with Crippen LogP contribution in [0.5, 0.6) is 0 Å². The van der Waals surface area contributed by atoms with Gasteiger partial charge in [-0.25, -0.2) is 15.0 Å². The van der Waals surface area contributed by atoms with Gasteiger partial charge in [0, 0.05) is 41.6 Å². The molecule has 0 fully saturated rings. The minimum atomic E-state index is -0.495. The van der Waals surface area contributed by atoms with Crippen LogP contribution in [0.3, 0.4) is 0 Å². The Balaban J connectivity index is 2.10. The van der Waals surface area contributed by atoms with Crippen LogP contribution in [0, 0.1) is 17.2 Å². The van der Waals surface area contributed by atoms with Crippen molar-refractivity contribution in [3.05, 3.63) is 34.1 Å². The minimum absolute atomic E-state index is 0.0593. The van der Waals surface area contributed by atoms with E-state index in [4.69, 9.17) is 0 Å². The Kier molecular flexibility index (Phi) is 4.60. The normalized spacial score (nSPS) is 17.0. The molecule has 2 aromatic rings. The second kappa shape index (κ2) is 6.56. The molecular formula is C17H18FN5OS. The van der Waals surface area contributed by atoms with Crippen molar-refractivity contribution in [2.75, 3.05) is 12.4 Å². The highest BCUT2D eigenvalue weighted by molar-refractivity contribution is 7.99. The molecule has 0 amide bonds. The summed E-state index contributed by atoms with van der Waals surface area (Å²) in [4.78, 5) is 25.8. The number of hydrogen-bond donors (Lipinski definition) is 0. The van der Waals surface area contributed by atoms with Crippen molar-refractivity contribution in [2.24, 2.45) is 5.92 Å². The van der Waals surface area contributed by atoms with Crippen molar-refractivity contribution >= 4 is 11.8 Å². The van der Waals surface area contributed by atoms with E-state index in [1.165, 1.54) is 16.3 Å². The van der Waals surface area contributed by atoms with Crippen LogP contribution in [0.15, 0.2) is 22.3 Å². The van der Waals surface area contributed by atoms with Crippen molar-refractivity contribution in [1.82, 2.24) is 19.5 Å². The zero-order valence-electron chi connectivity index (χ0n) is 14.3. The summed E-state index contributed by atoms with van der Waals surface area (Å²) in [5.41, 5.74) is 0.115. The van der Waals surface area contributed by atoms with Crippen LogP contribution in [0.1, 0.15) is 32.2 Å². The third kappa shape index (κ3) is 3.29. The third-order valence-electron chi connectivity index (χ3n) is 3.95. The van der Waals surface area contributed by atoms with E-state index in [2.05, 4.69) is 15.0 Å². The van der Waals surface area contributed by atoms with E-state index in [0.29, 0.717) is 22.3 Å². The molecule has 0 aromatic carbocycles. The Hall–Kier alpha value is -2.27. The summed E-state index contributed by atoms with van der Waals surface area (Å²) in [5.74, 6) is 1.00. The number of fused-ring (bicyclic) bond motifs is 1. The van der Waals surface area contributed by atoms with Crippen molar-refractivity contribution < 1.29 is 4.39 Å². The first-order valence-electron chi connectivity index (χ1n) is 7.91. The largest absolute Gasteiger partial charge is 0.286 e. The average Bonchev–Trinajstić information content (AvgIpc) is 2.60. The molecule has 0 N–H and O–H groups in total. The SMILES string of the molecule is CC(C)(C)c1ncc(-c2nc3n(c(=O)c2C#N)CC(CF)CS3)cn1. The maximum absolute atomic E-state index is 12.9. The molecule has 6 nitrogen and oxygen atoms in total. The van der Waals surface area contributed by atoms with Crippen LogP contribution < -0.4 is 5.56 Å². The Morgan fingerprint density at radius 3 is 2.64 bits per heavy atom. The molecule has 0 aliphatic carbocycles. The van der Waals surface area contributed by atoms with Gasteiger partial charge in [-0.3, -0.25) is 13.8 Å². The fourth-order valence-corrected chi connectivity index (χ4v) is 3.60. The molecule has 130 valence electrons. The van der Waals surface area contributed by atoms with Gasteiger partial charge in [0.25, 0.3) is 5.56 Å². The Morgan fingerprint density at radius 1 is 1.40 bits per heavy atom. The molecule has 1 aliphatic heterocycles. The van der Waals surface area contributed by atoms with E-state index in [1.807, 2.05) is 26.8 Å². The molecule has 0 saturated heterocycles. The summed E-state index contributed by atoms with van der Waals surface area (Å²) in [6.45, 7) is 5.77. The van der Waals surface area contributed by atoms with E-state index in [-0.39, 0.29) is 29.1 Å². The van der Waals surface area contributed by atoms with Crippen LogP contribution in [-0.4, -0.2) is 31.9 Å². The Labute approximate surface area is 149 Å². The number of rotatable bonds is 2. The first-order valence-corrected chi connectivity index (χ1v) is 8.90. The molecule has 3 heterocycles. The van der Waals surface area contributed by atoms with E-state index in [9.17, 15) is 14.4 Å². The monoisotopic (exact) mass is 359 g/mol. The predicted octanol–water partition coefficient (Wildman–Crippen LogP) is 2.56. The Morgan fingerprint density at radius 2 is 2.08 bits per heavy atom. The zero-order chi connectivity index (χ0) is 18.2. The van der Waals surface area contributed by atoms with Crippen molar-refractivity contribution in [3.8, 4) is 17.3 Å². The minimum Gasteiger partial charge on any atom is -0.286 e. The number of hydrogen-bond acceptors (Lipinski definition) is 6. The molecule has 2 aromatic heterocycles. The number of thioether (sulfide) groups is 1. The van der Waals surface area contributed by atoms with Crippen LogP contribution in [0.25, 0.3) is 11.3 Å². The molecule has 1 aliphatic rings.